The van der Waals surface area contributed by atoms with Gasteiger partial charge in [-0.15, -0.1) is 0 Å². The molecule has 0 radical (unpaired) electrons. The number of hydrogen-bond donors (Lipinski definition) is 0. The third-order valence-electron chi connectivity index (χ3n) is 4.98. The Balaban J connectivity index is 1.69. The molecule has 122 valence electrons. The smallest absolute Gasteiger partial charge is 0.161 e. The Morgan fingerprint density at radius 3 is 2.86 bits per heavy atom. The van der Waals surface area contributed by atoms with Crippen LogP contribution in [0.5, 0.6) is 11.5 Å². The predicted molar refractivity (Wildman–Crippen MR) is 88.6 cm³/mol. The molecule has 0 bridgehead atoms. The molecule has 2 saturated heterocycles. The van der Waals surface area contributed by atoms with Crippen LogP contribution in [0.1, 0.15) is 32.3 Å². The topological polar surface area (TPSA) is 24.9 Å². The molecule has 2 heterocycles. The first-order valence-corrected chi connectivity index (χ1v) is 8.49. The molecule has 0 aliphatic carbocycles. The van der Waals surface area contributed by atoms with E-state index in [1.165, 1.54) is 38.0 Å². The maximum atomic E-state index is 5.61. The van der Waals surface area contributed by atoms with Crippen LogP contribution in [0.15, 0.2) is 18.2 Å². The van der Waals surface area contributed by atoms with E-state index in [-0.39, 0.29) is 0 Å². The van der Waals surface area contributed by atoms with E-state index < -0.39 is 0 Å². The second-order valence-electron chi connectivity index (χ2n) is 6.49. The number of rotatable bonds is 5. The van der Waals surface area contributed by atoms with Crippen LogP contribution in [0.3, 0.4) is 0 Å². The number of methoxy groups -OCH3 is 1. The van der Waals surface area contributed by atoms with E-state index in [0.29, 0.717) is 12.6 Å². The normalized spacial score (nSPS) is 26.0. The fourth-order valence-electron chi connectivity index (χ4n) is 3.79. The SMILES string of the molecule is CCOc1ccc(CN2CC3CCCN3C[C@@H]2C)cc1OC. The van der Waals surface area contributed by atoms with Gasteiger partial charge in [0.2, 0.25) is 0 Å². The maximum absolute atomic E-state index is 5.61. The molecule has 1 aromatic rings. The van der Waals surface area contributed by atoms with Crippen LogP contribution < -0.4 is 9.47 Å². The highest BCUT2D eigenvalue weighted by Crippen LogP contribution is 2.30. The molecule has 1 aromatic carbocycles. The highest BCUT2D eigenvalue weighted by molar-refractivity contribution is 5.43. The van der Waals surface area contributed by atoms with Crippen LogP contribution >= 0.6 is 0 Å². The number of hydrogen-bond acceptors (Lipinski definition) is 4. The molecule has 0 aromatic heterocycles. The lowest BCUT2D eigenvalue weighted by Gasteiger charge is -2.42. The van der Waals surface area contributed by atoms with Crippen LogP contribution in [0, 0.1) is 0 Å². The van der Waals surface area contributed by atoms with Crippen molar-refractivity contribution >= 4 is 0 Å². The van der Waals surface area contributed by atoms with Crippen molar-refractivity contribution in [2.45, 2.75) is 45.3 Å². The summed E-state index contributed by atoms with van der Waals surface area (Å²) in [5, 5.41) is 0. The third kappa shape index (κ3) is 3.23. The Hall–Kier alpha value is -1.26. The first kappa shape index (κ1) is 15.6. The molecular formula is C18H28N2O2. The van der Waals surface area contributed by atoms with Gasteiger partial charge in [-0.05, 0) is 50.9 Å². The van der Waals surface area contributed by atoms with Gasteiger partial charge < -0.3 is 9.47 Å². The van der Waals surface area contributed by atoms with Gasteiger partial charge in [0.05, 0.1) is 13.7 Å². The zero-order valence-corrected chi connectivity index (χ0v) is 14.0. The summed E-state index contributed by atoms with van der Waals surface area (Å²) in [6, 6.07) is 7.71. The van der Waals surface area contributed by atoms with E-state index in [0.717, 1.165) is 24.1 Å². The van der Waals surface area contributed by atoms with Crippen molar-refractivity contribution in [1.82, 2.24) is 9.80 Å². The molecule has 2 aliphatic rings. The fraction of sp³-hybridized carbons (Fsp3) is 0.667. The molecule has 0 amide bonds. The molecule has 2 atom stereocenters. The minimum Gasteiger partial charge on any atom is -0.493 e. The largest absolute Gasteiger partial charge is 0.493 e. The summed E-state index contributed by atoms with van der Waals surface area (Å²) < 4.78 is 11.1. The molecule has 2 fully saturated rings. The second kappa shape index (κ2) is 6.88. The van der Waals surface area contributed by atoms with Gasteiger partial charge in [0.25, 0.3) is 0 Å². The summed E-state index contributed by atoms with van der Waals surface area (Å²) in [6.07, 6.45) is 2.72. The Kier molecular flexibility index (Phi) is 4.89. The number of nitrogens with zero attached hydrogens (tertiary/aromatic N) is 2. The van der Waals surface area contributed by atoms with Crippen LogP contribution in [-0.4, -0.2) is 55.2 Å². The molecule has 0 saturated carbocycles. The van der Waals surface area contributed by atoms with Gasteiger partial charge in [-0.3, -0.25) is 9.80 Å². The van der Waals surface area contributed by atoms with Crippen molar-refractivity contribution in [3.05, 3.63) is 23.8 Å². The zero-order valence-electron chi connectivity index (χ0n) is 14.0. The fourth-order valence-corrected chi connectivity index (χ4v) is 3.79. The van der Waals surface area contributed by atoms with Crippen molar-refractivity contribution in [2.75, 3.05) is 33.4 Å². The maximum Gasteiger partial charge on any atom is 0.161 e. The summed E-state index contributed by atoms with van der Waals surface area (Å²) in [7, 11) is 1.71. The average Bonchev–Trinajstić information content (AvgIpc) is 2.96. The van der Waals surface area contributed by atoms with Crippen molar-refractivity contribution in [2.24, 2.45) is 0 Å². The number of benzene rings is 1. The molecular weight excluding hydrogens is 276 g/mol. The Labute approximate surface area is 134 Å². The van der Waals surface area contributed by atoms with Gasteiger partial charge in [-0.2, -0.15) is 0 Å². The highest BCUT2D eigenvalue weighted by Gasteiger charge is 2.34. The summed E-state index contributed by atoms with van der Waals surface area (Å²) in [4.78, 5) is 5.28. The van der Waals surface area contributed by atoms with Crippen LogP contribution in [-0.2, 0) is 6.54 Å². The number of piperazine rings is 1. The first-order valence-electron chi connectivity index (χ1n) is 8.49. The van der Waals surface area contributed by atoms with E-state index in [9.17, 15) is 0 Å². The van der Waals surface area contributed by atoms with E-state index in [4.69, 9.17) is 9.47 Å². The van der Waals surface area contributed by atoms with Crippen LogP contribution in [0.4, 0.5) is 0 Å². The number of fused-ring (bicyclic) bond motifs is 1. The monoisotopic (exact) mass is 304 g/mol. The molecule has 1 unspecified atom stereocenters. The zero-order chi connectivity index (χ0) is 15.5. The van der Waals surface area contributed by atoms with Gasteiger partial charge in [-0.25, -0.2) is 0 Å². The molecule has 4 nitrogen and oxygen atoms in total. The van der Waals surface area contributed by atoms with Crippen LogP contribution in [0.2, 0.25) is 0 Å². The van der Waals surface area contributed by atoms with E-state index >= 15 is 0 Å². The van der Waals surface area contributed by atoms with Crippen molar-refractivity contribution < 1.29 is 9.47 Å². The molecule has 4 heteroatoms. The van der Waals surface area contributed by atoms with Gasteiger partial charge in [0, 0.05) is 31.7 Å². The molecule has 2 aliphatic heterocycles. The molecule has 3 rings (SSSR count). The van der Waals surface area contributed by atoms with Gasteiger partial charge in [0.1, 0.15) is 0 Å². The van der Waals surface area contributed by atoms with Crippen molar-refractivity contribution in [1.29, 1.82) is 0 Å². The highest BCUT2D eigenvalue weighted by atomic mass is 16.5. The molecule has 0 spiro atoms. The Bertz CT molecular complexity index is 506. The molecule has 22 heavy (non-hydrogen) atoms. The minimum absolute atomic E-state index is 0.618. The summed E-state index contributed by atoms with van der Waals surface area (Å²) in [5.74, 6) is 1.67. The second-order valence-corrected chi connectivity index (χ2v) is 6.49. The number of ether oxygens (including phenoxy) is 2. The average molecular weight is 304 g/mol. The predicted octanol–water partition coefficient (Wildman–Crippen LogP) is 2.76. The third-order valence-corrected chi connectivity index (χ3v) is 4.98. The van der Waals surface area contributed by atoms with Crippen molar-refractivity contribution in [3.63, 3.8) is 0 Å². The van der Waals surface area contributed by atoms with E-state index in [1.54, 1.807) is 7.11 Å². The lowest BCUT2D eigenvalue weighted by atomic mass is 10.1. The van der Waals surface area contributed by atoms with Gasteiger partial charge >= 0.3 is 0 Å². The minimum atomic E-state index is 0.618. The van der Waals surface area contributed by atoms with E-state index in [2.05, 4.69) is 28.9 Å². The lowest BCUT2D eigenvalue weighted by Crippen LogP contribution is -2.54. The van der Waals surface area contributed by atoms with E-state index in [1.807, 2.05) is 13.0 Å². The quantitative estimate of drug-likeness (QED) is 0.835. The Morgan fingerprint density at radius 2 is 2.09 bits per heavy atom. The molecule has 0 N–H and O–H groups in total. The summed E-state index contributed by atoms with van der Waals surface area (Å²) >= 11 is 0. The van der Waals surface area contributed by atoms with Gasteiger partial charge in [-0.1, -0.05) is 6.07 Å². The standard InChI is InChI=1S/C18H28N2O2/c1-4-22-17-8-7-15(10-18(17)21-3)12-20-13-16-6-5-9-19(16)11-14(20)2/h7-8,10,14,16H,4-6,9,11-13H2,1-3H3/t14-,16?/m0/s1. The lowest BCUT2D eigenvalue weighted by molar-refractivity contribution is 0.0540. The van der Waals surface area contributed by atoms with Crippen molar-refractivity contribution in [3.8, 4) is 11.5 Å². The summed E-state index contributed by atoms with van der Waals surface area (Å²) in [5.41, 5.74) is 1.30. The Morgan fingerprint density at radius 1 is 1.23 bits per heavy atom. The first-order chi connectivity index (χ1) is 10.7. The summed E-state index contributed by atoms with van der Waals surface area (Å²) in [6.45, 7) is 9.69. The van der Waals surface area contributed by atoms with Gasteiger partial charge in [0.15, 0.2) is 11.5 Å². The van der Waals surface area contributed by atoms with Crippen LogP contribution in [0.25, 0.3) is 0 Å².